The van der Waals surface area contributed by atoms with Gasteiger partial charge in [0.25, 0.3) is 0 Å². The van der Waals surface area contributed by atoms with Crippen molar-refractivity contribution >= 4 is 22.5 Å². The number of aromatic nitrogens is 1. The van der Waals surface area contributed by atoms with Crippen LogP contribution in [0.3, 0.4) is 0 Å². The number of benzene rings is 1. The number of hydrogen-bond donors (Lipinski definition) is 3. The van der Waals surface area contributed by atoms with Gasteiger partial charge in [0.2, 0.25) is 0 Å². The predicted molar refractivity (Wildman–Crippen MR) is 73.3 cm³/mol. The number of oxazole rings is 1. The van der Waals surface area contributed by atoms with Crippen LogP contribution in [0.5, 0.6) is 0 Å². The first-order chi connectivity index (χ1) is 9.22. The van der Waals surface area contributed by atoms with Crippen LogP contribution < -0.4 is 16.8 Å². The van der Waals surface area contributed by atoms with Crippen LogP contribution >= 0.6 is 0 Å². The molecule has 1 aliphatic carbocycles. The lowest BCUT2D eigenvalue weighted by atomic mass is 10.2. The summed E-state index contributed by atoms with van der Waals surface area (Å²) in [7, 11) is 0. The fraction of sp³-hybridized carbons (Fsp3) is 0.462. The molecular formula is C13H17N3O3. The highest BCUT2D eigenvalue weighted by atomic mass is 16.5. The van der Waals surface area contributed by atoms with E-state index in [9.17, 15) is 4.79 Å². The average Bonchev–Trinajstić information content (AvgIpc) is 3.11. The fourth-order valence-corrected chi connectivity index (χ4v) is 1.96. The van der Waals surface area contributed by atoms with E-state index in [1.807, 2.05) is 0 Å². The van der Waals surface area contributed by atoms with E-state index in [-0.39, 0.29) is 0 Å². The number of hydrogen-bond acceptors (Lipinski definition) is 5. The second-order valence-corrected chi connectivity index (χ2v) is 4.90. The van der Waals surface area contributed by atoms with E-state index in [1.54, 1.807) is 12.1 Å². The minimum absolute atomic E-state index is 0.470. The summed E-state index contributed by atoms with van der Waals surface area (Å²) in [5.74, 6) is 0.303. The van der Waals surface area contributed by atoms with Crippen molar-refractivity contribution in [2.24, 2.45) is 5.92 Å². The number of nitrogens with two attached hydrogens (primary N) is 1. The molecule has 0 amide bonds. The van der Waals surface area contributed by atoms with Crippen LogP contribution in [0.25, 0.3) is 11.1 Å². The molecule has 102 valence electrons. The Morgan fingerprint density at radius 1 is 1.47 bits per heavy atom. The third-order valence-electron chi connectivity index (χ3n) is 3.20. The van der Waals surface area contributed by atoms with Gasteiger partial charge in [0.05, 0.1) is 23.5 Å². The molecule has 2 aromatic rings. The van der Waals surface area contributed by atoms with E-state index in [0.717, 1.165) is 18.2 Å². The Labute approximate surface area is 109 Å². The number of rotatable bonds is 6. The molecule has 0 unspecified atom stereocenters. The van der Waals surface area contributed by atoms with Gasteiger partial charge in [-0.25, -0.2) is 4.79 Å². The molecule has 1 aromatic heterocycles. The molecular weight excluding hydrogens is 246 g/mol. The lowest BCUT2D eigenvalue weighted by Crippen LogP contribution is -2.11. The van der Waals surface area contributed by atoms with Gasteiger partial charge in [-0.2, -0.15) is 0 Å². The van der Waals surface area contributed by atoms with Crippen LogP contribution in [0, 0.1) is 5.92 Å². The number of H-pyrrole nitrogens is 1. The number of aromatic amines is 1. The first kappa shape index (κ1) is 12.1. The molecule has 0 atom stereocenters. The van der Waals surface area contributed by atoms with E-state index in [0.29, 0.717) is 29.9 Å². The molecule has 3 rings (SSSR count). The minimum Gasteiger partial charge on any atom is -0.408 e. The van der Waals surface area contributed by atoms with Crippen molar-refractivity contribution in [3.63, 3.8) is 0 Å². The molecule has 4 N–H and O–H groups in total. The molecule has 0 radical (unpaired) electrons. The maximum absolute atomic E-state index is 11.1. The summed E-state index contributed by atoms with van der Waals surface area (Å²) in [4.78, 5) is 13.7. The molecule has 1 heterocycles. The standard InChI is InChI=1S/C13H17N3O3/c14-9-5-12-11(16-13(17)19-12)6-10(9)15-3-4-18-7-8-1-2-8/h5-6,8,15H,1-4,7,14H2,(H,16,17). The largest absolute Gasteiger partial charge is 0.417 e. The van der Waals surface area contributed by atoms with Gasteiger partial charge in [-0.3, -0.25) is 4.98 Å². The minimum atomic E-state index is -0.473. The highest BCUT2D eigenvalue weighted by Crippen LogP contribution is 2.28. The zero-order valence-corrected chi connectivity index (χ0v) is 10.6. The topological polar surface area (TPSA) is 93.3 Å². The summed E-state index contributed by atoms with van der Waals surface area (Å²) < 4.78 is 10.5. The van der Waals surface area contributed by atoms with Crippen molar-refractivity contribution in [3.05, 3.63) is 22.7 Å². The lowest BCUT2D eigenvalue weighted by molar-refractivity contribution is 0.134. The Balaban J connectivity index is 1.59. The normalized spacial score (nSPS) is 14.9. The Morgan fingerprint density at radius 2 is 2.32 bits per heavy atom. The molecule has 1 aliphatic rings. The molecule has 1 aromatic carbocycles. The van der Waals surface area contributed by atoms with Crippen molar-refractivity contribution in [1.29, 1.82) is 0 Å². The molecule has 0 saturated heterocycles. The van der Waals surface area contributed by atoms with E-state index in [4.69, 9.17) is 14.9 Å². The monoisotopic (exact) mass is 263 g/mol. The maximum atomic E-state index is 11.1. The highest BCUT2D eigenvalue weighted by molar-refractivity contribution is 5.85. The second-order valence-electron chi connectivity index (χ2n) is 4.90. The number of anilines is 2. The van der Waals surface area contributed by atoms with E-state index < -0.39 is 5.76 Å². The van der Waals surface area contributed by atoms with Crippen molar-refractivity contribution in [2.75, 3.05) is 30.8 Å². The van der Waals surface area contributed by atoms with Crippen LogP contribution in [-0.4, -0.2) is 24.7 Å². The van der Waals surface area contributed by atoms with Crippen molar-refractivity contribution in [1.82, 2.24) is 4.98 Å². The SMILES string of the molecule is Nc1cc2oc(=O)[nH]c2cc1NCCOCC1CC1. The Hall–Kier alpha value is -1.95. The number of nitrogen functional groups attached to an aromatic ring is 1. The summed E-state index contributed by atoms with van der Waals surface area (Å²) in [6.07, 6.45) is 2.59. The van der Waals surface area contributed by atoms with Gasteiger partial charge in [0.1, 0.15) is 0 Å². The molecule has 0 spiro atoms. The summed E-state index contributed by atoms with van der Waals surface area (Å²) in [6.45, 7) is 2.19. The molecule has 1 saturated carbocycles. The van der Waals surface area contributed by atoms with Gasteiger partial charge in [-0.05, 0) is 24.8 Å². The van der Waals surface area contributed by atoms with Crippen LogP contribution in [-0.2, 0) is 4.74 Å². The number of fused-ring (bicyclic) bond motifs is 1. The smallest absolute Gasteiger partial charge is 0.408 e. The van der Waals surface area contributed by atoms with Gasteiger partial charge in [-0.15, -0.1) is 0 Å². The Morgan fingerprint density at radius 3 is 3.11 bits per heavy atom. The van der Waals surface area contributed by atoms with Crippen molar-refractivity contribution < 1.29 is 9.15 Å². The first-order valence-corrected chi connectivity index (χ1v) is 6.46. The summed E-state index contributed by atoms with van der Waals surface area (Å²) in [6, 6.07) is 3.41. The van der Waals surface area contributed by atoms with Crippen molar-refractivity contribution in [3.8, 4) is 0 Å². The molecule has 6 heteroatoms. The predicted octanol–water partition coefficient (Wildman–Crippen LogP) is 1.54. The van der Waals surface area contributed by atoms with E-state index in [2.05, 4.69) is 10.3 Å². The Kier molecular flexibility index (Phi) is 3.16. The van der Waals surface area contributed by atoms with E-state index in [1.165, 1.54) is 12.8 Å². The third-order valence-corrected chi connectivity index (χ3v) is 3.20. The van der Waals surface area contributed by atoms with Gasteiger partial charge in [0, 0.05) is 19.2 Å². The van der Waals surface area contributed by atoms with Gasteiger partial charge in [0.15, 0.2) is 5.58 Å². The zero-order chi connectivity index (χ0) is 13.2. The van der Waals surface area contributed by atoms with Gasteiger partial charge < -0.3 is 20.2 Å². The van der Waals surface area contributed by atoms with Crippen LogP contribution in [0.4, 0.5) is 11.4 Å². The average molecular weight is 263 g/mol. The van der Waals surface area contributed by atoms with Gasteiger partial charge in [-0.1, -0.05) is 0 Å². The van der Waals surface area contributed by atoms with Crippen molar-refractivity contribution in [2.45, 2.75) is 12.8 Å². The molecule has 1 fully saturated rings. The summed E-state index contributed by atoms with van der Waals surface area (Å²) in [5, 5.41) is 3.19. The summed E-state index contributed by atoms with van der Waals surface area (Å²) in [5.41, 5.74) is 8.33. The molecule has 0 bridgehead atoms. The Bertz CT molecular complexity index is 628. The molecule has 0 aliphatic heterocycles. The summed E-state index contributed by atoms with van der Waals surface area (Å²) >= 11 is 0. The molecule has 19 heavy (non-hydrogen) atoms. The number of nitrogens with one attached hydrogen (secondary N) is 2. The first-order valence-electron chi connectivity index (χ1n) is 6.46. The van der Waals surface area contributed by atoms with Crippen LogP contribution in [0.2, 0.25) is 0 Å². The maximum Gasteiger partial charge on any atom is 0.417 e. The quantitative estimate of drug-likeness (QED) is 0.543. The zero-order valence-electron chi connectivity index (χ0n) is 10.6. The fourth-order valence-electron chi connectivity index (χ4n) is 1.96. The van der Waals surface area contributed by atoms with Gasteiger partial charge >= 0.3 is 5.76 Å². The molecule has 6 nitrogen and oxygen atoms in total. The van der Waals surface area contributed by atoms with E-state index >= 15 is 0 Å². The second kappa shape index (κ2) is 4.97. The highest BCUT2D eigenvalue weighted by Gasteiger charge is 2.20. The number of ether oxygens (including phenoxy) is 1. The lowest BCUT2D eigenvalue weighted by Gasteiger charge is -2.09. The van der Waals surface area contributed by atoms with Crippen LogP contribution in [0.1, 0.15) is 12.8 Å². The van der Waals surface area contributed by atoms with Crippen LogP contribution in [0.15, 0.2) is 21.3 Å². The third kappa shape index (κ3) is 2.90.